The molecule has 0 aliphatic carbocycles. The van der Waals surface area contributed by atoms with Crippen molar-refractivity contribution >= 4 is 17.3 Å². The zero-order chi connectivity index (χ0) is 15.9. The molecule has 0 heterocycles. The third kappa shape index (κ3) is 4.25. The van der Waals surface area contributed by atoms with Crippen molar-refractivity contribution in [3.8, 4) is 5.75 Å². The van der Waals surface area contributed by atoms with Gasteiger partial charge in [0.1, 0.15) is 5.75 Å². The molecule has 0 unspecified atom stereocenters. The molecule has 0 aliphatic rings. The summed E-state index contributed by atoms with van der Waals surface area (Å²) in [7, 11) is 1.77. The zero-order valence-corrected chi connectivity index (χ0v) is 13.2. The van der Waals surface area contributed by atoms with E-state index in [2.05, 4.69) is 5.32 Å². The van der Waals surface area contributed by atoms with Crippen LogP contribution < -0.4 is 15.0 Å². The minimum absolute atomic E-state index is 0.00875. The first-order chi connectivity index (χ1) is 10.6. The Hall–Kier alpha value is -2.49. The van der Waals surface area contributed by atoms with Crippen LogP contribution in [0.1, 0.15) is 13.8 Å². The Morgan fingerprint density at radius 1 is 1.09 bits per heavy atom. The zero-order valence-electron chi connectivity index (χ0n) is 13.2. The van der Waals surface area contributed by atoms with E-state index in [-0.39, 0.29) is 18.6 Å². The van der Waals surface area contributed by atoms with Crippen LogP contribution in [0.25, 0.3) is 0 Å². The van der Waals surface area contributed by atoms with Crippen molar-refractivity contribution in [3.05, 3.63) is 54.6 Å². The largest absolute Gasteiger partial charge is 0.489 e. The first-order valence-corrected chi connectivity index (χ1v) is 7.39. The molecule has 0 saturated carbocycles. The first-order valence-electron chi connectivity index (χ1n) is 7.39. The van der Waals surface area contributed by atoms with E-state index in [0.717, 1.165) is 17.1 Å². The first kappa shape index (κ1) is 15.9. The number of amides is 1. The van der Waals surface area contributed by atoms with Crippen LogP contribution in [0.3, 0.4) is 0 Å². The van der Waals surface area contributed by atoms with Gasteiger partial charge in [0.15, 0.2) is 0 Å². The molecule has 116 valence electrons. The van der Waals surface area contributed by atoms with Crippen LogP contribution in [-0.2, 0) is 4.79 Å². The van der Waals surface area contributed by atoms with Gasteiger partial charge in [-0.15, -0.1) is 0 Å². The molecule has 0 radical (unpaired) electrons. The number of nitrogens with zero attached hydrogens (tertiary/aromatic N) is 1. The Morgan fingerprint density at radius 3 is 2.41 bits per heavy atom. The highest BCUT2D eigenvalue weighted by atomic mass is 16.5. The van der Waals surface area contributed by atoms with E-state index in [1.165, 1.54) is 0 Å². The summed E-state index contributed by atoms with van der Waals surface area (Å²) in [5.74, 6) is 0.748. The molecule has 0 aromatic heterocycles. The van der Waals surface area contributed by atoms with Gasteiger partial charge >= 0.3 is 0 Å². The standard InChI is InChI=1S/C18H22N2O2/c1-14(2)22-17-12-8-7-11-16(17)19-13-18(21)20(3)15-9-5-4-6-10-15/h4-12,14,19H,13H2,1-3H3. The fourth-order valence-electron chi connectivity index (χ4n) is 2.05. The van der Waals surface area contributed by atoms with E-state index < -0.39 is 0 Å². The van der Waals surface area contributed by atoms with Crippen molar-refractivity contribution in [3.63, 3.8) is 0 Å². The van der Waals surface area contributed by atoms with Gasteiger partial charge in [0.2, 0.25) is 5.91 Å². The number of hydrogen-bond acceptors (Lipinski definition) is 3. The maximum Gasteiger partial charge on any atom is 0.246 e. The normalized spacial score (nSPS) is 10.4. The quantitative estimate of drug-likeness (QED) is 0.886. The summed E-state index contributed by atoms with van der Waals surface area (Å²) in [5.41, 5.74) is 1.70. The van der Waals surface area contributed by atoms with Crippen molar-refractivity contribution in [2.24, 2.45) is 0 Å². The number of carbonyl (C=O) groups is 1. The summed E-state index contributed by atoms with van der Waals surface area (Å²) in [6.07, 6.45) is 0.0886. The fourth-order valence-corrected chi connectivity index (χ4v) is 2.05. The SMILES string of the molecule is CC(C)Oc1ccccc1NCC(=O)N(C)c1ccccc1. The lowest BCUT2D eigenvalue weighted by Gasteiger charge is -2.19. The second kappa shape index (κ2) is 7.50. The van der Waals surface area contributed by atoms with Crippen molar-refractivity contribution in [2.45, 2.75) is 20.0 Å². The van der Waals surface area contributed by atoms with Gasteiger partial charge in [-0.2, -0.15) is 0 Å². The number of para-hydroxylation sites is 3. The van der Waals surface area contributed by atoms with Crippen molar-refractivity contribution in [1.29, 1.82) is 0 Å². The number of benzene rings is 2. The van der Waals surface area contributed by atoms with E-state index in [1.807, 2.05) is 68.4 Å². The summed E-state index contributed by atoms with van der Waals surface area (Å²) in [5, 5.41) is 3.15. The van der Waals surface area contributed by atoms with E-state index in [9.17, 15) is 4.79 Å². The molecule has 4 nitrogen and oxygen atoms in total. The van der Waals surface area contributed by atoms with Gasteiger partial charge < -0.3 is 15.0 Å². The van der Waals surface area contributed by atoms with Crippen LogP contribution in [0.15, 0.2) is 54.6 Å². The van der Waals surface area contributed by atoms with Crippen molar-refractivity contribution in [2.75, 3.05) is 23.8 Å². The fraction of sp³-hybridized carbons (Fsp3) is 0.278. The number of carbonyl (C=O) groups excluding carboxylic acids is 1. The summed E-state index contributed by atoms with van der Waals surface area (Å²) in [6, 6.07) is 17.2. The molecule has 22 heavy (non-hydrogen) atoms. The highest BCUT2D eigenvalue weighted by molar-refractivity contribution is 5.95. The van der Waals surface area contributed by atoms with Crippen LogP contribution >= 0.6 is 0 Å². The van der Waals surface area contributed by atoms with Crippen LogP contribution in [0, 0.1) is 0 Å². The lowest BCUT2D eigenvalue weighted by atomic mass is 10.2. The molecule has 1 N–H and O–H groups in total. The predicted octanol–water partition coefficient (Wildman–Crippen LogP) is 3.55. The topological polar surface area (TPSA) is 41.6 Å². The second-order valence-corrected chi connectivity index (χ2v) is 5.30. The molecule has 0 saturated heterocycles. The Morgan fingerprint density at radius 2 is 1.73 bits per heavy atom. The number of likely N-dealkylation sites (N-methyl/N-ethyl adjacent to an activating group) is 1. The Balaban J connectivity index is 1.99. The molecule has 0 bridgehead atoms. The minimum Gasteiger partial charge on any atom is -0.489 e. The molecule has 2 aromatic rings. The molecule has 0 atom stereocenters. The Kier molecular flexibility index (Phi) is 5.42. The monoisotopic (exact) mass is 298 g/mol. The summed E-state index contributed by atoms with van der Waals surface area (Å²) < 4.78 is 5.74. The molecule has 0 aliphatic heterocycles. The average molecular weight is 298 g/mol. The number of anilines is 2. The maximum absolute atomic E-state index is 12.3. The summed E-state index contributed by atoms with van der Waals surface area (Å²) >= 11 is 0. The predicted molar refractivity (Wildman–Crippen MR) is 90.5 cm³/mol. The lowest BCUT2D eigenvalue weighted by Crippen LogP contribution is -2.32. The second-order valence-electron chi connectivity index (χ2n) is 5.30. The molecule has 0 fully saturated rings. The smallest absolute Gasteiger partial charge is 0.246 e. The molecule has 0 spiro atoms. The van der Waals surface area contributed by atoms with Crippen LogP contribution in [0.4, 0.5) is 11.4 Å². The summed E-state index contributed by atoms with van der Waals surface area (Å²) in [6.45, 7) is 4.17. The van der Waals surface area contributed by atoms with Crippen molar-refractivity contribution < 1.29 is 9.53 Å². The van der Waals surface area contributed by atoms with Crippen LogP contribution in [0.5, 0.6) is 5.75 Å². The number of nitrogens with one attached hydrogen (secondary N) is 1. The number of hydrogen-bond donors (Lipinski definition) is 1. The van der Waals surface area contributed by atoms with E-state index in [4.69, 9.17) is 4.74 Å². The molecule has 1 amide bonds. The molecule has 4 heteroatoms. The molecule has 2 rings (SSSR count). The molecular formula is C18H22N2O2. The molecular weight excluding hydrogens is 276 g/mol. The third-order valence-corrected chi connectivity index (χ3v) is 3.20. The van der Waals surface area contributed by atoms with Gasteiger partial charge in [-0.1, -0.05) is 30.3 Å². The van der Waals surface area contributed by atoms with E-state index >= 15 is 0 Å². The van der Waals surface area contributed by atoms with Gasteiger partial charge in [-0.3, -0.25) is 4.79 Å². The average Bonchev–Trinajstić information content (AvgIpc) is 2.53. The Labute approximate surface area is 131 Å². The number of rotatable bonds is 6. The third-order valence-electron chi connectivity index (χ3n) is 3.20. The van der Waals surface area contributed by atoms with Gasteiger partial charge in [0.25, 0.3) is 0 Å². The highest BCUT2D eigenvalue weighted by Gasteiger charge is 2.11. The van der Waals surface area contributed by atoms with E-state index in [1.54, 1.807) is 11.9 Å². The minimum atomic E-state index is -0.00875. The molecule has 2 aromatic carbocycles. The van der Waals surface area contributed by atoms with Crippen molar-refractivity contribution in [1.82, 2.24) is 0 Å². The highest BCUT2D eigenvalue weighted by Crippen LogP contribution is 2.24. The number of ether oxygens (including phenoxy) is 1. The van der Waals surface area contributed by atoms with Gasteiger partial charge in [0.05, 0.1) is 18.3 Å². The summed E-state index contributed by atoms with van der Waals surface area (Å²) in [4.78, 5) is 13.9. The van der Waals surface area contributed by atoms with Gasteiger partial charge in [-0.05, 0) is 38.1 Å². The Bertz CT molecular complexity index is 611. The van der Waals surface area contributed by atoms with Gasteiger partial charge in [0, 0.05) is 12.7 Å². The van der Waals surface area contributed by atoms with E-state index in [0.29, 0.717) is 0 Å². The maximum atomic E-state index is 12.3. The van der Waals surface area contributed by atoms with Gasteiger partial charge in [-0.25, -0.2) is 0 Å². The van der Waals surface area contributed by atoms with Crippen LogP contribution in [0.2, 0.25) is 0 Å². The lowest BCUT2D eigenvalue weighted by molar-refractivity contribution is -0.116. The van der Waals surface area contributed by atoms with Crippen LogP contribution in [-0.4, -0.2) is 25.6 Å².